The number of aromatic amines is 1. The second-order valence-corrected chi connectivity index (χ2v) is 4.64. The highest BCUT2D eigenvalue weighted by molar-refractivity contribution is 7.71. The number of halogens is 1. The van der Waals surface area contributed by atoms with E-state index < -0.39 is 0 Å². The maximum atomic E-state index is 6.22. The Morgan fingerprint density at radius 2 is 2.28 bits per heavy atom. The molecule has 6 heteroatoms. The summed E-state index contributed by atoms with van der Waals surface area (Å²) in [5.74, 6) is 1.61. The quantitative estimate of drug-likeness (QED) is 0.873. The van der Waals surface area contributed by atoms with Gasteiger partial charge in [0.05, 0.1) is 17.8 Å². The fourth-order valence-electron chi connectivity index (χ4n) is 1.76. The molecule has 0 amide bonds. The number of benzene rings is 1. The van der Waals surface area contributed by atoms with E-state index in [1.807, 2.05) is 16.7 Å². The summed E-state index contributed by atoms with van der Waals surface area (Å²) >= 11 is 11.5. The van der Waals surface area contributed by atoms with Crippen LogP contribution in [0.15, 0.2) is 18.2 Å². The monoisotopic (exact) mass is 283 g/mol. The summed E-state index contributed by atoms with van der Waals surface area (Å²) in [7, 11) is 1.62. The van der Waals surface area contributed by atoms with Gasteiger partial charge in [-0.25, -0.2) is 0 Å². The topological polar surface area (TPSA) is 42.8 Å². The van der Waals surface area contributed by atoms with Gasteiger partial charge in [-0.2, -0.15) is 5.10 Å². The number of nitrogens with zero attached hydrogens (tertiary/aromatic N) is 2. The molecule has 0 atom stereocenters. The molecule has 1 N–H and O–H groups in total. The van der Waals surface area contributed by atoms with Crippen LogP contribution in [0.1, 0.15) is 19.2 Å². The highest BCUT2D eigenvalue weighted by atomic mass is 35.5. The lowest BCUT2D eigenvalue weighted by atomic mass is 10.2. The third-order valence-corrected chi connectivity index (χ3v) is 3.20. The molecule has 0 aliphatic rings. The van der Waals surface area contributed by atoms with Crippen molar-refractivity contribution in [1.29, 1.82) is 0 Å². The van der Waals surface area contributed by atoms with E-state index in [2.05, 4.69) is 17.1 Å². The second kappa shape index (κ2) is 5.54. The van der Waals surface area contributed by atoms with Crippen molar-refractivity contribution < 1.29 is 4.74 Å². The molecule has 0 saturated heterocycles. The molecule has 2 rings (SSSR count). The molecule has 4 nitrogen and oxygen atoms in total. The number of hydrogen-bond acceptors (Lipinski definition) is 3. The number of nitrogens with one attached hydrogen (secondary N) is 1. The first-order chi connectivity index (χ1) is 8.67. The lowest BCUT2D eigenvalue weighted by Gasteiger charge is -2.10. The van der Waals surface area contributed by atoms with Crippen LogP contribution in [-0.2, 0) is 6.42 Å². The van der Waals surface area contributed by atoms with E-state index in [0.29, 0.717) is 9.79 Å². The van der Waals surface area contributed by atoms with Gasteiger partial charge in [-0.1, -0.05) is 18.5 Å². The summed E-state index contributed by atoms with van der Waals surface area (Å²) in [6.45, 7) is 2.09. The standard InChI is InChI=1S/C12H14ClN3OS/c1-3-4-11-14-15-12(18)16(11)10-7-8(17-2)5-6-9(10)13/h5-7H,3-4H2,1-2H3,(H,15,18). The van der Waals surface area contributed by atoms with E-state index in [9.17, 15) is 0 Å². The molecular weight excluding hydrogens is 270 g/mol. The minimum absolute atomic E-state index is 0.536. The van der Waals surface area contributed by atoms with Gasteiger partial charge in [-0.15, -0.1) is 0 Å². The Morgan fingerprint density at radius 3 is 2.94 bits per heavy atom. The number of ether oxygens (including phenoxy) is 1. The number of H-pyrrole nitrogens is 1. The molecule has 0 aliphatic carbocycles. The summed E-state index contributed by atoms with van der Waals surface area (Å²) < 4.78 is 7.60. The third-order valence-electron chi connectivity index (χ3n) is 2.61. The zero-order valence-electron chi connectivity index (χ0n) is 10.2. The second-order valence-electron chi connectivity index (χ2n) is 3.85. The molecule has 0 saturated carbocycles. The van der Waals surface area contributed by atoms with Crippen molar-refractivity contribution in [2.75, 3.05) is 7.11 Å². The first-order valence-corrected chi connectivity index (χ1v) is 6.46. The fourth-order valence-corrected chi connectivity index (χ4v) is 2.21. The van der Waals surface area contributed by atoms with Gasteiger partial charge in [0, 0.05) is 12.5 Å². The van der Waals surface area contributed by atoms with Gasteiger partial charge in [0.1, 0.15) is 11.6 Å². The first-order valence-electron chi connectivity index (χ1n) is 5.67. The minimum atomic E-state index is 0.536. The molecule has 2 aromatic rings. The smallest absolute Gasteiger partial charge is 0.199 e. The van der Waals surface area contributed by atoms with Crippen LogP contribution in [-0.4, -0.2) is 21.9 Å². The summed E-state index contributed by atoms with van der Waals surface area (Å²) in [4.78, 5) is 0. The average molecular weight is 284 g/mol. The SMILES string of the molecule is CCCc1n[nH]c(=S)n1-c1cc(OC)ccc1Cl. The molecule has 0 radical (unpaired) electrons. The maximum absolute atomic E-state index is 6.22. The van der Waals surface area contributed by atoms with Crippen molar-refractivity contribution in [3.8, 4) is 11.4 Å². The van der Waals surface area contributed by atoms with Crippen molar-refractivity contribution in [2.45, 2.75) is 19.8 Å². The van der Waals surface area contributed by atoms with E-state index in [4.69, 9.17) is 28.6 Å². The van der Waals surface area contributed by atoms with Crippen LogP contribution < -0.4 is 4.74 Å². The summed E-state index contributed by atoms with van der Waals surface area (Å²) in [6.07, 6.45) is 1.82. The molecule has 0 bridgehead atoms. The lowest BCUT2D eigenvalue weighted by molar-refractivity contribution is 0.414. The molecule has 96 valence electrons. The minimum Gasteiger partial charge on any atom is -0.497 e. The van der Waals surface area contributed by atoms with Crippen LogP contribution in [0.25, 0.3) is 5.69 Å². The van der Waals surface area contributed by atoms with Gasteiger partial charge in [-0.05, 0) is 30.8 Å². The van der Waals surface area contributed by atoms with Crippen LogP contribution in [0.4, 0.5) is 0 Å². The zero-order valence-corrected chi connectivity index (χ0v) is 11.8. The van der Waals surface area contributed by atoms with Gasteiger partial charge in [0.15, 0.2) is 4.77 Å². The summed E-state index contributed by atoms with van der Waals surface area (Å²) in [5, 5.41) is 7.64. The molecule has 0 fully saturated rings. The molecule has 0 unspecified atom stereocenters. The Balaban J connectivity index is 2.60. The fraction of sp³-hybridized carbons (Fsp3) is 0.333. The molecule has 1 heterocycles. The predicted octanol–water partition coefficient (Wildman–Crippen LogP) is 3.54. The van der Waals surface area contributed by atoms with Gasteiger partial charge in [0.25, 0.3) is 0 Å². The van der Waals surface area contributed by atoms with Crippen LogP contribution in [0.5, 0.6) is 5.75 Å². The van der Waals surface area contributed by atoms with Crippen LogP contribution in [0, 0.1) is 4.77 Å². The first kappa shape index (κ1) is 13.1. The predicted molar refractivity (Wildman–Crippen MR) is 74.3 cm³/mol. The highest BCUT2D eigenvalue weighted by Crippen LogP contribution is 2.26. The van der Waals surface area contributed by atoms with Crippen LogP contribution in [0.3, 0.4) is 0 Å². The molecule has 18 heavy (non-hydrogen) atoms. The molecule has 0 aliphatic heterocycles. The van der Waals surface area contributed by atoms with Crippen molar-refractivity contribution in [3.63, 3.8) is 0 Å². The van der Waals surface area contributed by atoms with E-state index in [1.165, 1.54) is 0 Å². The lowest BCUT2D eigenvalue weighted by Crippen LogP contribution is -2.02. The van der Waals surface area contributed by atoms with Crippen LogP contribution >= 0.6 is 23.8 Å². The Hall–Kier alpha value is -1.33. The Bertz CT molecular complexity index is 606. The van der Waals surface area contributed by atoms with E-state index in [0.717, 1.165) is 30.1 Å². The van der Waals surface area contributed by atoms with Crippen molar-refractivity contribution in [2.24, 2.45) is 0 Å². The normalized spacial score (nSPS) is 10.6. The van der Waals surface area contributed by atoms with Crippen molar-refractivity contribution in [1.82, 2.24) is 14.8 Å². The number of aromatic nitrogens is 3. The summed E-state index contributed by atoms with van der Waals surface area (Å²) in [6, 6.07) is 5.46. The Morgan fingerprint density at radius 1 is 1.50 bits per heavy atom. The number of aryl methyl sites for hydroxylation is 1. The van der Waals surface area contributed by atoms with Gasteiger partial charge >= 0.3 is 0 Å². The Kier molecular flexibility index (Phi) is 4.04. The third kappa shape index (κ3) is 2.42. The zero-order chi connectivity index (χ0) is 13.1. The number of methoxy groups -OCH3 is 1. The molecular formula is C12H14ClN3OS. The largest absolute Gasteiger partial charge is 0.497 e. The number of rotatable bonds is 4. The van der Waals surface area contributed by atoms with Gasteiger partial charge < -0.3 is 4.74 Å². The van der Waals surface area contributed by atoms with Crippen molar-refractivity contribution in [3.05, 3.63) is 33.8 Å². The number of hydrogen-bond donors (Lipinski definition) is 1. The van der Waals surface area contributed by atoms with Crippen LogP contribution in [0.2, 0.25) is 5.02 Å². The molecule has 1 aromatic carbocycles. The van der Waals surface area contributed by atoms with E-state index in [1.54, 1.807) is 13.2 Å². The van der Waals surface area contributed by atoms with E-state index in [-0.39, 0.29) is 0 Å². The van der Waals surface area contributed by atoms with E-state index >= 15 is 0 Å². The van der Waals surface area contributed by atoms with Gasteiger partial charge in [0.2, 0.25) is 0 Å². The average Bonchev–Trinajstić information content (AvgIpc) is 2.72. The molecule has 0 spiro atoms. The van der Waals surface area contributed by atoms with Gasteiger partial charge in [-0.3, -0.25) is 9.67 Å². The maximum Gasteiger partial charge on any atom is 0.199 e. The Labute approximate surface area is 116 Å². The van der Waals surface area contributed by atoms with Crippen molar-refractivity contribution >= 4 is 23.8 Å². The molecule has 1 aromatic heterocycles. The highest BCUT2D eigenvalue weighted by Gasteiger charge is 2.11. The summed E-state index contributed by atoms with van der Waals surface area (Å²) in [5.41, 5.74) is 0.790.